The van der Waals surface area contributed by atoms with Gasteiger partial charge in [0.15, 0.2) is 11.1 Å². The third-order valence-electron chi connectivity index (χ3n) is 4.49. The summed E-state index contributed by atoms with van der Waals surface area (Å²) in [5, 5.41) is 24.7. The molecule has 0 unspecified atom stereocenters. The quantitative estimate of drug-likeness (QED) is 0.271. The molecule has 0 spiro atoms. The number of nitriles is 2. The van der Waals surface area contributed by atoms with Gasteiger partial charge in [0.25, 0.3) is 0 Å². The van der Waals surface area contributed by atoms with E-state index < -0.39 is 22.3 Å². The third-order valence-corrected chi connectivity index (χ3v) is 4.49. The van der Waals surface area contributed by atoms with E-state index in [0.717, 1.165) is 11.1 Å². The SMILES string of the molecule is CC(C)(C#N)/N=N/C(C)(C)C#N.CC(C)(OOC(C)(C)c1ccccc1)c1ccccc1. The first kappa shape index (κ1) is 27.0. The molecule has 2 aromatic rings. The van der Waals surface area contributed by atoms with E-state index in [0.29, 0.717) is 0 Å². The van der Waals surface area contributed by atoms with Gasteiger partial charge < -0.3 is 0 Å². The van der Waals surface area contributed by atoms with Crippen LogP contribution in [0.1, 0.15) is 66.5 Å². The van der Waals surface area contributed by atoms with Crippen LogP contribution >= 0.6 is 0 Å². The van der Waals surface area contributed by atoms with Crippen molar-refractivity contribution >= 4 is 0 Å². The Morgan fingerprint density at radius 1 is 0.562 bits per heavy atom. The molecule has 0 aromatic heterocycles. The van der Waals surface area contributed by atoms with Gasteiger partial charge in [0.2, 0.25) is 0 Å². The van der Waals surface area contributed by atoms with Crippen molar-refractivity contribution in [2.45, 2.75) is 77.7 Å². The summed E-state index contributed by atoms with van der Waals surface area (Å²) in [5.41, 5.74) is -0.490. The molecule has 0 radical (unpaired) electrons. The molecule has 0 saturated carbocycles. The smallest absolute Gasteiger partial charge is 0.162 e. The molecule has 0 aliphatic carbocycles. The van der Waals surface area contributed by atoms with Gasteiger partial charge in [-0.3, -0.25) is 0 Å². The maximum absolute atomic E-state index is 8.58. The van der Waals surface area contributed by atoms with Crippen LogP contribution in [0, 0.1) is 22.7 Å². The molecule has 0 aliphatic rings. The number of rotatable bonds is 7. The van der Waals surface area contributed by atoms with Crippen LogP contribution in [0.2, 0.25) is 0 Å². The molecule has 0 fully saturated rings. The predicted octanol–water partition coefficient (Wildman–Crippen LogP) is 6.85. The van der Waals surface area contributed by atoms with Crippen molar-refractivity contribution < 1.29 is 9.78 Å². The minimum atomic E-state index is -0.839. The predicted molar refractivity (Wildman–Crippen MR) is 125 cm³/mol. The zero-order valence-corrected chi connectivity index (χ0v) is 20.4. The van der Waals surface area contributed by atoms with E-state index in [-0.39, 0.29) is 0 Å². The number of hydrogen-bond acceptors (Lipinski definition) is 6. The van der Waals surface area contributed by atoms with Gasteiger partial charge >= 0.3 is 0 Å². The Kier molecular flexibility index (Phi) is 9.27. The summed E-state index contributed by atoms with van der Waals surface area (Å²) in [6.07, 6.45) is 0. The van der Waals surface area contributed by atoms with Gasteiger partial charge in [-0.05, 0) is 66.5 Å². The summed E-state index contributed by atoms with van der Waals surface area (Å²) in [6.45, 7) is 14.6. The second-order valence-electron chi connectivity index (χ2n) is 9.46. The first-order valence-electron chi connectivity index (χ1n) is 10.5. The maximum Gasteiger partial charge on any atom is 0.162 e. The first-order valence-corrected chi connectivity index (χ1v) is 10.5. The summed E-state index contributed by atoms with van der Waals surface area (Å²) >= 11 is 0. The van der Waals surface area contributed by atoms with Gasteiger partial charge in [-0.1, -0.05) is 60.7 Å². The van der Waals surface area contributed by atoms with E-state index in [1.54, 1.807) is 27.7 Å². The molecule has 0 saturated heterocycles. The minimum absolute atomic E-state index is 0.493. The lowest BCUT2D eigenvalue weighted by Gasteiger charge is -2.31. The molecular formula is C26H34N4O2. The van der Waals surface area contributed by atoms with Crippen molar-refractivity contribution in [3.05, 3.63) is 71.8 Å². The van der Waals surface area contributed by atoms with Gasteiger partial charge in [0, 0.05) is 0 Å². The molecule has 6 nitrogen and oxygen atoms in total. The van der Waals surface area contributed by atoms with Crippen LogP contribution in [0.5, 0.6) is 0 Å². The Morgan fingerprint density at radius 2 is 0.844 bits per heavy atom. The highest BCUT2D eigenvalue weighted by molar-refractivity contribution is 5.22. The lowest BCUT2D eigenvalue weighted by atomic mass is 9.98. The Morgan fingerprint density at radius 3 is 1.09 bits per heavy atom. The van der Waals surface area contributed by atoms with Gasteiger partial charge in [-0.2, -0.15) is 20.8 Å². The molecule has 0 N–H and O–H groups in total. The van der Waals surface area contributed by atoms with Crippen molar-refractivity contribution in [2.24, 2.45) is 10.2 Å². The van der Waals surface area contributed by atoms with E-state index >= 15 is 0 Å². The first-order chi connectivity index (χ1) is 14.7. The van der Waals surface area contributed by atoms with Gasteiger partial charge in [0.1, 0.15) is 11.2 Å². The summed E-state index contributed by atoms with van der Waals surface area (Å²) in [7, 11) is 0. The minimum Gasteiger partial charge on any atom is -0.225 e. The second kappa shape index (κ2) is 11.0. The van der Waals surface area contributed by atoms with Crippen LogP contribution in [0.15, 0.2) is 70.9 Å². The Labute approximate surface area is 192 Å². The summed E-state index contributed by atoms with van der Waals surface area (Å²) < 4.78 is 0. The molecule has 2 rings (SSSR count). The molecule has 0 aliphatic heterocycles. The van der Waals surface area contributed by atoms with Crippen LogP contribution in [-0.2, 0) is 21.0 Å². The lowest BCUT2D eigenvalue weighted by Crippen LogP contribution is -2.29. The van der Waals surface area contributed by atoms with Crippen LogP contribution in [0.4, 0.5) is 0 Å². The number of hydrogen-bond donors (Lipinski definition) is 0. The normalized spacial score (nSPS) is 12.4. The summed E-state index contributed by atoms with van der Waals surface area (Å²) in [4.78, 5) is 11.5. The van der Waals surface area contributed by atoms with Crippen LogP contribution in [-0.4, -0.2) is 11.1 Å². The summed E-state index contributed by atoms with van der Waals surface area (Å²) in [6, 6.07) is 24.1. The highest BCUT2D eigenvalue weighted by Gasteiger charge is 2.29. The number of nitrogens with zero attached hydrogens (tertiary/aromatic N) is 4. The largest absolute Gasteiger partial charge is 0.225 e. The number of benzene rings is 2. The average Bonchev–Trinajstić information content (AvgIpc) is 2.78. The van der Waals surface area contributed by atoms with E-state index in [1.165, 1.54) is 0 Å². The zero-order valence-electron chi connectivity index (χ0n) is 20.4. The van der Waals surface area contributed by atoms with E-state index in [1.807, 2.05) is 100 Å². The highest BCUT2D eigenvalue weighted by Crippen LogP contribution is 2.31. The lowest BCUT2D eigenvalue weighted by molar-refractivity contribution is -0.410. The van der Waals surface area contributed by atoms with Crippen molar-refractivity contribution in [3.8, 4) is 12.1 Å². The zero-order chi connectivity index (χ0) is 24.5. The maximum atomic E-state index is 8.58. The molecule has 0 heterocycles. The van der Waals surface area contributed by atoms with Crippen molar-refractivity contribution in [1.82, 2.24) is 0 Å². The molecule has 2 aromatic carbocycles. The second-order valence-corrected chi connectivity index (χ2v) is 9.46. The molecule has 32 heavy (non-hydrogen) atoms. The molecule has 0 atom stereocenters. The fourth-order valence-electron chi connectivity index (χ4n) is 2.28. The van der Waals surface area contributed by atoms with Crippen molar-refractivity contribution in [1.29, 1.82) is 10.5 Å². The van der Waals surface area contributed by atoms with Crippen LogP contribution in [0.25, 0.3) is 0 Å². The highest BCUT2D eigenvalue weighted by atomic mass is 17.2. The van der Waals surface area contributed by atoms with E-state index in [2.05, 4.69) is 10.2 Å². The monoisotopic (exact) mass is 434 g/mol. The third kappa shape index (κ3) is 8.98. The fraction of sp³-hybridized carbons (Fsp3) is 0.462. The Bertz CT molecular complexity index is 871. The standard InChI is InChI=1S/C18H22O2.C8H12N4/c1-17(2,15-11-7-5-8-12-15)19-20-18(3,4)16-13-9-6-10-14-16;1-7(2,5-9)11-12-8(3,4)6-10/h5-14H,1-4H3;1-4H3/b;12-11+. The van der Waals surface area contributed by atoms with Crippen molar-refractivity contribution in [2.75, 3.05) is 0 Å². The fourth-order valence-corrected chi connectivity index (χ4v) is 2.28. The average molecular weight is 435 g/mol. The van der Waals surface area contributed by atoms with E-state index in [9.17, 15) is 0 Å². The topological polar surface area (TPSA) is 90.8 Å². The molecule has 170 valence electrons. The van der Waals surface area contributed by atoms with Crippen LogP contribution in [0.3, 0.4) is 0 Å². The Hall–Kier alpha value is -3.06. The molecule has 0 bridgehead atoms. The van der Waals surface area contributed by atoms with Gasteiger partial charge in [-0.15, -0.1) is 0 Å². The summed E-state index contributed by atoms with van der Waals surface area (Å²) in [5.74, 6) is 0. The van der Waals surface area contributed by atoms with E-state index in [4.69, 9.17) is 20.3 Å². The number of azo groups is 1. The van der Waals surface area contributed by atoms with Gasteiger partial charge in [-0.25, -0.2) is 9.78 Å². The Balaban J connectivity index is 0.000000368. The molecular weight excluding hydrogens is 400 g/mol. The molecule has 0 amide bonds. The van der Waals surface area contributed by atoms with Crippen LogP contribution < -0.4 is 0 Å². The van der Waals surface area contributed by atoms with Gasteiger partial charge in [0.05, 0.1) is 12.1 Å². The van der Waals surface area contributed by atoms with Crippen molar-refractivity contribution in [3.63, 3.8) is 0 Å². The molecule has 6 heteroatoms.